The van der Waals surface area contributed by atoms with Crippen LogP contribution in [0.3, 0.4) is 0 Å². The van der Waals surface area contributed by atoms with Gasteiger partial charge in [0, 0.05) is 31.2 Å². The van der Waals surface area contributed by atoms with Gasteiger partial charge in [-0.3, -0.25) is 13.9 Å². The van der Waals surface area contributed by atoms with Crippen molar-refractivity contribution in [3.05, 3.63) is 69.1 Å². The number of halogens is 1. The molecule has 118 valence electrons. The van der Waals surface area contributed by atoms with Crippen molar-refractivity contribution in [2.75, 3.05) is 0 Å². The molecular weight excluding hydrogens is 314 g/mol. The molecule has 3 aromatic rings. The van der Waals surface area contributed by atoms with E-state index in [1.165, 1.54) is 4.57 Å². The quantitative estimate of drug-likeness (QED) is 0.802. The third-order valence-corrected chi connectivity index (χ3v) is 4.30. The van der Waals surface area contributed by atoms with Crippen LogP contribution in [0, 0.1) is 0 Å². The van der Waals surface area contributed by atoms with Crippen LogP contribution in [0.2, 0.25) is 5.02 Å². The second-order valence-electron chi connectivity index (χ2n) is 5.38. The molecule has 0 spiro atoms. The van der Waals surface area contributed by atoms with Gasteiger partial charge >= 0.3 is 5.69 Å². The fraction of sp³-hybridized carbons (Fsp3) is 0.176. The van der Waals surface area contributed by atoms with E-state index in [1.54, 1.807) is 42.9 Å². The third kappa shape index (κ3) is 2.75. The maximum atomic E-state index is 12.3. The monoisotopic (exact) mass is 329 g/mol. The van der Waals surface area contributed by atoms with Gasteiger partial charge in [-0.1, -0.05) is 29.8 Å². The molecule has 23 heavy (non-hydrogen) atoms. The second-order valence-corrected chi connectivity index (χ2v) is 5.79. The molecule has 0 aliphatic heterocycles. The van der Waals surface area contributed by atoms with Crippen molar-refractivity contribution in [2.24, 2.45) is 14.1 Å². The predicted octanol–water partition coefficient (Wildman–Crippen LogP) is 2.46. The average molecular weight is 330 g/mol. The second kappa shape index (κ2) is 5.93. The van der Waals surface area contributed by atoms with E-state index in [-0.39, 0.29) is 11.6 Å². The Balaban J connectivity index is 1.85. The first-order valence-corrected chi connectivity index (χ1v) is 7.54. The topological polar surface area (TPSA) is 56.0 Å². The zero-order chi connectivity index (χ0) is 16.6. The lowest BCUT2D eigenvalue weighted by atomic mass is 10.1. The fourth-order valence-electron chi connectivity index (χ4n) is 2.57. The minimum atomic E-state index is -0.205. The molecule has 0 aliphatic carbocycles. The summed E-state index contributed by atoms with van der Waals surface area (Å²) in [4.78, 5) is 24.3. The average Bonchev–Trinajstić information content (AvgIpc) is 2.78. The summed E-state index contributed by atoms with van der Waals surface area (Å²) in [6, 6.07) is 12.6. The van der Waals surface area contributed by atoms with Crippen LogP contribution >= 0.6 is 11.6 Å². The molecule has 0 unspecified atom stereocenters. The van der Waals surface area contributed by atoms with Gasteiger partial charge in [-0.05, 0) is 29.8 Å². The number of nitrogens with one attached hydrogen (secondary N) is 1. The SMILES string of the molecule is Cn1c(=O)n(C)c2cc(C(=O)NCc3ccccc3Cl)ccc21. The molecule has 0 saturated heterocycles. The Kier molecular flexibility index (Phi) is 3.96. The summed E-state index contributed by atoms with van der Waals surface area (Å²) >= 11 is 6.08. The molecule has 2 aromatic carbocycles. The first-order valence-electron chi connectivity index (χ1n) is 7.16. The number of hydrogen-bond donors (Lipinski definition) is 1. The number of nitrogens with zero attached hydrogens (tertiary/aromatic N) is 2. The number of aromatic nitrogens is 2. The molecular formula is C17H16ClN3O2. The number of carbonyl (C=O) groups is 1. The van der Waals surface area contributed by atoms with Gasteiger partial charge in [-0.2, -0.15) is 0 Å². The van der Waals surface area contributed by atoms with E-state index in [0.717, 1.165) is 16.6 Å². The first kappa shape index (κ1) is 15.4. The van der Waals surface area contributed by atoms with E-state index in [9.17, 15) is 9.59 Å². The number of carbonyl (C=O) groups excluding carboxylic acids is 1. The number of aryl methyl sites for hydroxylation is 2. The Labute approximate surface area is 138 Å². The van der Waals surface area contributed by atoms with E-state index >= 15 is 0 Å². The van der Waals surface area contributed by atoms with Crippen molar-refractivity contribution in [1.29, 1.82) is 0 Å². The number of rotatable bonds is 3. The number of hydrogen-bond acceptors (Lipinski definition) is 2. The Morgan fingerprint density at radius 2 is 1.78 bits per heavy atom. The number of amides is 1. The minimum Gasteiger partial charge on any atom is -0.348 e. The van der Waals surface area contributed by atoms with E-state index in [0.29, 0.717) is 17.1 Å². The van der Waals surface area contributed by atoms with Crippen LogP contribution in [0.25, 0.3) is 11.0 Å². The zero-order valence-electron chi connectivity index (χ0n) is 12.8. The van der Waals surface area contributed by atoms with Gasteiger partial charge in [0.2, 0.25) is 0 Å². The standard InChI is InChI=1S/C17H16ClN3O2/c1-20-14-8-7-11(9-15(14)21(2)17(20)23)16(22)19-10-12-5-3-4-6-13(12)18/h3-9H,10H2,1-2H3,(H,19,22). The molecule has 6 heteroatoms. The maximum Gasteiger partial charge on any atom is 0.328 e. The van der Waals surface area contributed by atoms with Crippen LogP contribution in [-0.2, 0) is 20.6 Å². The van der Waals surface area contributed by atoms with Crippen LogP contribution < -0.4 is 11.0 Å². The van der Waals surface area contributed by atoms with Crippen molar-refractivity contribution >= 4 is 28.5 Å². The molecule has 0 saturated carbocycles. The summed E-state index contributed by atoms with van der Waals surface area (Å²) in [6.07, 6.45) is 0. The van der Waals surface area contributed by atoms with Gasteiger partial charge in [0.1, 0.15) is 0 Å². The molecule has 1 amide bonds. The molecule has 0 aliphatic rings. The van der Waals surface area contributed by atoms with Crippen LogP contribution in [0.1, 0.15) is 15.9 Å². The largest absolute Gasteiger partial charge is 0.348 e. The van der Waals surface area contributed by atoms with Crippen LogP contribution in [0.15, 0.2) is 47.3 Å². The molecule has 1 N–H and O–H groups in total. The lowest BCUT2D eigenvalue weighted by molar-refractivity contribution is 0.0951. The van der Waals surface area contributed by atoms with Crippen LogP contribution in [0.5, 0.6) is 0 Å². The normalized spacial score (nSPS) is 10.9. The Hall–Kier alpha value is -2.53. The maximum absolute atomic E-state index is 12.3. The summed E-state index contributed by atoms with van der Waals surface area (Å²) in [5.74, 6) is -0.205. The summed E-state index contributed by atoms with van der Waals surface area (Å²) in [5.41, 5.74) is 2.76. The lowest BCUT2D eigenvalue weighted by Gasteiger charge is -2.07. The van der Waals surface area contributed by atoms with Gasteiger partial charge in [-0.25, -0.2) is 4.79 Å². The molecule has 1 heterocycles. The van der Waals surface area contributed by atoms with E-state index < -0.39 is 0 Å². The van der Waals surface area contributed by atoms with Crippen molar-refractivity contribution in [3.8, 4) is 0 Å². The van der Waals surface area contributed by atoms with Gasteiger partial charge < -0.3 is 5.32 Å². The molecule has 0 radical (unpaired) electrons. The number of imidazole rings is 1. The fourth-order valence-corrected chi connectivity index (χ4v) is 2.77. The summed E-state index contributed by atoms with van der Waals surface area (Å²) in [7, 11) is 3.40. The third-order valence-electron chi connectivity index (χ3n) is 3.93. The van der Waals surface area contributed by atoms with Crippen molar-refractivity contribution in [1.82, 2.24) is 14.5 Å². The lowest BCUT2D eigenvalue weighted by Crippen LogP contribution is -2.23. The van der Waals surface area contributed by atoms with E-state index in [1.807, 2.05) is 18.2 Å². The summed E-state index contributed by atoms with van der Waals surface area (Å²) in [6.45, 7) is 0.351. The van der Waals surface area contributed by atoms with Crippen molar-refractivity contribution in [2.45, 2.75) is 6.54 Å². The van der Waals surface area contributed by atoms with Crippen molar-refractivity contribution < 1.29 is 4.79 Å². The number of fused-ring (bicyclic) bond motifs is 1. The predicted molar refractivity (Wildman–Crippen MR) is 90.8 cm³/mol. The molecule has 3 rings (SSSR count). The highest BCUT2D eigenvalue weighted by Crippen LogP contribution is 2.16. The molecule has 0 bridgehead atoms. The van der Waals surface area contributed by atoms with Gasteiger partial charge in [-0.15, -0.1) is 0 Å². The first-order chi connectivity index (χ1) is 11.0. The highest BCUT2D eigenvalue weighted by Gasteiger charge is 2.12. The molecule has 0 atom stereocenters. The van der Waals surface area contributed by atoms with E-state index in [2.05, 4.69) is 5.32 Å². The Bertz CT molecular complexity index is 956. The van der Waals surface area contributed by atoms with Gasteiger partial charge in [0.25, 0.3) is 5.91 Å². The minimum absolute atomic E-state index is 0.117. The summed E-state index contributed by atoms with van der Waals surface area (Å²) < 4.78 is 3.08. The summed E-state index contributed by atoms with van der Waals surface area (Å²) in [5, 5.41) is 3.46. The Morgan fingerprint density at radius 1 is 1.09 bits per heavy atom. The number of benzene rings is 2. The van der Waals surface area contributed by atoms with Crippen LogP contribution in [-0.4, -0.2) is 15.0 Å². The van der Waals surface area contributed by atoms with Crippen molar-refractivity contribution in [3.63, 3.8) is 0 Å². The van der Waals surface area contributed by atoms with Crippen LogP contribution in [0.4, 0.5) is 0 Å². The molecule has 0 fully saturated rings. The molecule has 1 aromatic heterocycles. The van der Waals surface area contributed by atoms with E-state index in [4.69, 9.17) is 11.6 Å². The van der Waals surface area contributed by atoms with Gasteiger partial charge in [0.15, 0.2) is 0 Å². The smallest absolute Gasteiger partial charge is 0.328 e. The zero-order valence-corrected chi connectivity index (χ0v) is 13.6. The highest BCUT2D eigenvalue weighted by atomic mass is 35.5. The highest BCUT2D eigenvalue weighted by molar-refractivity contribution is 6.31. The Morgan fingerprint density at radius 3 is 2.52 bits per heavy atom. The van der Waals surface area contributed by atoms with Gasteiger partial charge in [0.05, 0.1) is 11.0 Å². The molecule has 5 nitrogen and oxygen atoms in total.